The number of pyridine rings is 1. The maximum Gasteiger partial charge on any atom is 0.213 e. The third kappa shape index (κ3) is 3.62. The molecule has 0 saturated carbocycles. The number of ether oxygens (including phenoxy) is 1. The molecule has 0 bridgehead atoms. The van der Waals surface area contributed by atoms with Gasteiger partial charge < -0.3 is 9.64 Å². The lowest BCUT2D eigenvalue weighted by Gasteiger charge is -2.33. The molecule has 4 nitrogen and oxygen atoms in total. The van der Waals surface area contributed by atoms with Crippen molar-refractivity contribution in [2.45, 2.75) is 12.8 Å². The predicted molar refractivity (Wildman–Crippen MR) is 85.7 cm³/mol. The maximum atomic E-state index is 14.1. The van der Waals surface area contributed by atoms with Crippen LogP contribution >= 0.6 is 0 Å². The zero-order valence-electron chi connectivity index (χ0n) is 13.1. The number of nitriles is 1. The van der Waals surface area contributed by atoms with Crippen LogP contribution in [0.25, 0.3) is 0 Å². The van der Waals surface area contributed by atoms with Crippen LogP contribution < -0.4 is 9.64 Å². The topological polar surface area (TPSA) is 49.2 Å². The summed E-state index contributed by atoms with van der Waals surface area (Å²) in [7, 11) is 0. The molecule has 0 atom stereocenters. The average molecular weight is 329 g/mol. The summed E-state index contributed by atoms with van der Waals surface area (Å²) in [4.78, 5) is 5.80. The Kier molecular flexibility index (Phi) is 4.90. The minimum atomic E-state index is -0.685. The van der Waals surface area contributed by atoms with Gasteiger partial charge >= 0.3 is 0 Å². The second-order valence-corrected chi connectivity index (χ2v) is 5.81. The van der Waals surface area contributed by atoms with Gasteiger partial charge in [0.25, 0.3) is 0 Å². The first kappa shape index (κ1) is 16.2. The summed E-state index contributed by atoms with van der Waals surface area (Å²) in [6.45, 7) is 1.65. The van der Waals surface area contributed by atoms with Gasteiger partial charge in [-0.25, -0.2) is 13.8 Å². The molecule has 1 saturated heterocycles. The molecule has 124 valence electrons. The van der Waals surface area contributed by atoms with E-state index in [1.165, 1.54) is 0 Å². The van der Waals surface area contributed by atoms with E-state index in [1.54, 1.807) is 23.2 Å². The number of anilines is 1. The van der Waals surface area contributed by atoms with Crippen molar-refractivity contribution in [3.63, 3.8) is 0 Å². The van der Waals surface area contributed by atoms with Gasteiger partial charge in [-0.15, -0.1) is 0 Å². The number of benzene rings is 1. The lowest BCUT2D eigenvalue weighted by Crippen LogP contribution is -2.36. The second-order valence-electron chi connectivity index (χ2n) is 5.81. The first-order valence-corrected chi connectivity index (χ1v) is 7.85. The van der Waals surface area contributed by atoms with Crippen molar-refractivity contribution < 1.29 is 13.5 Å². The van der Waals surface area contributed by atoms with E-state index >= 15 is 0 Å². The molecule has 0 N–H and O–H groups in total. The van der Waals surface area contributed by atoms with Crippen molar-refractivity contribution in [1.29, 1.82) is 5.26 Å². The summed E-state index contributed by atoms with van der Waals surface area (Å²) >= 11 is 0. The fourth-order valence-corrected chi connectivity index (χ4v) is 2.89. The number of hydrogen-bond acceptors (Lipinski definition) is 4. The lowest BCUT2D eigenvalue weighted by atomic mass is 9.97. The fourth-order valence-electron chi connectivity index (χ4n) is 2.89. The van der Waals surface area contributed by atoms with Gasteiger partial charge in [-0.2, -0.15) is 5.26 Å². The summed E-state index contributed by atoms with van der Waals surface area (Å²) in [5.41, 5.74) is -0.0505. The Morgan fingerprint density at radius 1 is 1.21 bits per heavy atom. The van der Waals surface area contributed by atoms with Crippen molar-refractivity contribution in [2.75, 3.05) is 24.6 Å². The minimum absolute atomic E-state index is 0.00704. The summed E-state index contributed by atoms with van der Waals surface area (Å²) in [5, 5.41) is 8.76. The van der Waals surface area contributed by atoms with Crippen LogP contribution in [-0.4, -0.2) is 24.7 Å². The summed E-state index contributed by atoms with van der Waals surface area (Å²) < 4.78 is 33.8. The molecule has 0 spiro atoms. The van der Waals surface area contributed by atoms with E-state index < -0.39 is 11.6 Å². The van der Waals surface area contributed by atoms with Crippen LogP contribution in [0.1, 0.15) is 18.4 Å². The van der Waals surface area contributed by atoms with Gasteiger partial charge in [0.05, 0.1) is 18.2 Å². The molecule has 1 aromatic heterocycles. The Morgan fingerprint density at radius 2 is 1.92 bits per heavy atom. The fraction of sp³-hybridized carbons (Fsp3) is 0.333. The summed E-state index contributed by atoms with van der Waals surface area (Å²) in [6, 6.07) is 9.40. The van der Waals surface area contributed by atoms with E-state index in [2.05, 4.69) is 4.98 Å². The molecule has 2 aromatic rings. The van der Waals surface area contributed by atoms with Crippen LogP contribution in [0.2, 0.25) is 0 Å². The van der Waals surface area contributed by atoms with E-state index in [0.717, 1.165) is 25.0 Å². The molecule has 1 aliphatic rings. The van der Waals surface area contributed by atoms with E-state index in [0.29, 0.717) is 31.5 Å². The molecule has 2 heterocycles. The normalized spacial score (nSPS) is 15.1. The number of piperidine rings is 1. The molecule has 0 unspecified atom stereocenters. The minimum Gasteiger partial charge on any atom is -0.477 e. The molecule has 24 heavy (non-hydrogen) atoms. The van der Waals surface area contributed by atoms with E-state index in [4.69, 9.17) is 10.00 Å². The molecule has 1 fully saturated rings. The maximum absolute atomic E-state index is 14.1. The third-order valence-electron chi connectivity index (χ3n) is 4.18. The van der Waals surface area contributed by atoms with Gasteiger partial charge in [-0.1, -0.05) is 6.07 Å². The Morgan fingerprint density at radius 3 is 2.50 bits per heavy atom. The van der Waals surface area contributed by atoms with E-state index in [1.807, 2.05) is 12.1 Å². The number of halogens is 2. The quantitative estimate of drug-likeness (QED) is 0.861. The average Bonchev–Trinajstić information content (AvgIpc) is 2.61. The monoisotopic (exact) mass is 329 g/mol. The smallest absolute Gasteiger partial charge is 0.213 e. The Balaban J connectivity index is 1.58. The van der Waals surface area contributed by atoms with E-state index in [9.17, 15) is 8.78 Å². The molecular weight excluding hydrogens is 312 g/mol. The number of nitrogens with zero attached hydrogens (tertiary/aromatic N) is 3. The van der Waals surface area contributed by atoms with Gasteiger partial charge in [0.1, 0.15) is 5.69 Å². The van der Waals surface area contributed by atoms with Gasteiger partial charge in [-0.05, 0) is 37.0 Å². The summed E-state index contributed by atoms with van der Waals surface area (Å²) in [5.74, 6) is -0.457. The number of rotatable bonds is 4. The highest BCUT2D eigenvalue weighted by molar-refractivity contribution is 5.52. The molecule has 0 amide bonds. The second kappa shape index (κ2) is 7.26. The van der Waals surface area contributed by atoms with Crippen LogP contribution in [0.15, 0.2) is 36.5 Å². The van der Waals surface area contributed by atoms with Gasteiger partial charge in [0.2, 0.25) is 5.88 Å². The molecular formula is C18H17F2N3O. The van der Waals surface area contributed by atoms with Gasteiger partial charge in [0, 0.05) is 25.4 Å². The molecule has 6 heteroatoms. The zero-order valence-corrected chi connectivity index (χ0v) is 13.1. The lowest BCUT2D eigenvalue weighted by molar-refractivity contribution is 0.215. The standard InChI is InChI=1S/C18H17F2N3O/c19-15-9-14(11-21)10-16(20)18(15)23-7-4-13(5-8-23)12-24-17-3-1-2-6-22-17/h1-3,6,9-10,13H,4-5,7-8,12H2. The third-order valence-corrected chi connectivity index (χ3v) is 4.18. The molecule has 1 aromatic carbocycles. The van der Waals surface area contributed by atoms with E-state index in [-0.39, 0.29) is 11.3 Å². The molecule has 3 rings (SSSR count). The zero-order chi connectivity index (χ0) is 16.9. The Hall–Kier alpha value is -2.68. The Labute approximate surface area is 139 Å². The highest BCUT2D eigenvalue weighted by Gasteiger charge is 2.24. The first-order chi connectivity index (χ1) is 11.7. The van der Waals surface area contributed by atoms with Crippen LogP contribution in [0.3, 0.4) is 0 Å². The first-order valence-electron chi connectivity index (χ1n) is 7.85. The van der Waals surface area contributed by atoms with Gasteiger partial charge in [0.15, 0.2) is 11.6 Å². The molecule has 0 aliphatic carbocycles. The molecule has 0 radical (unpaired) electrons. The number of hydrogen-bond donors (Lipinski definition) is 0. The largest absolute Gasteiger partial charge is 0.477 e. The van der Waals surface area contributed by atoms with Crippen LogP contribution in [-0.2, 0) is 0 Å². The highest BCUT2D eigenvalue weighted by atomic mass is 19.1. The van der Waals surface area contributed by atoms with Crippen molar-refractivity contribution >= 4 is 5.69 Å². The highest BCUT2D eigenvalue weighted by Crippen LogP contribution is 2.29. The van der Waals surface area contributed by atoms with Gasteiger partial charge in [-0.3, -0.25) is 0 Å². The van der Waals surface area contributed by atoms with Crippen molar-refractivity contribution in [2.24, 2.45) is 5.92 Å². The number of aromatic nitrogens is 1. The predicted octanol–water partition coefficient (Wildman–Crippen LogP) is 3.53. The van der Waals surface area contributed by atoms with Crippen molar-refractivity contribution in [1.82, 2.24) is 4.98 Å². The molecule has 1 aliphatic heterocycles. The Bertz CT molecular complexity index is 715. The summed E-state index contributed by atoms with van der Waals surface area (Å²) in [6.07, 6.45) is 3.24. The van der Waals surface area contributed by atoms with Crippen LogP contribution in [0.4, 0.5) is 14.5 Å². The van der Waals surface area contributed by atoms with Crippen molar-refractivity contribution in [3.8, 4) is 11.9 Å². The van der Waals surface area contributed by atoms with Crippen LogP contribution in [0, 0.1) is 28.9 Å². The SMILES string of the molecule is N#Cc1cc(F)c(N2CCC(COc3ccccn3)CC2)c(F)c1. The van der Waals surface area contributed by atoms with Crippen molar-refractivity contribution in [3.05, 3.63) is 53.7 Å². The van der Waals surface area contributed by atoms with Crippen LogP contribution in [0.5, 0.6) is 5.88 Å².